The van der Waals surface area contributed by atoms with E-state index >= 15 is 0 Å². The predicted octanol–water partition coefficient (Wildman–Crippen LogP) is 3.92. The molecule has 1 aliphatic heterocycles. The molecular formula is C20H19F6N5O2. The average molecular weight is 475 g/mol. The van der Waals surface area contributed by atoms with E-state index in [1.54, 1.807) is 0 Å². The van der Waals surface area contributed by atoms with E-state index in [2.05, 4.69) is 15.3 Å². The molecule has 3 rings (SSSR count). The minimum atomic E-state index is -4.84. The third-order valence-electron chi connectivity index (χ3n) is 5.25. The van der Waals surface area contributed by atoms with E-state index in [1.807, 2.05) is 0 Å². The molecule has 0 bridgehead atoms. The molecule has 0 spiro atoms. The van der Waals surface area contributed by atoms with E-state index in [9.17, 15) is 31.1 Å². The van der Waals surface area contributed by atoms with Gasteiger partial charge in [-0.15, -0.1) is 0 Å². The van der Waals surface area contributed by atoms with Crippen LogP contribution in [0.3, 0.4) is 0 Å². The van der Waals surface area contributed by atoms with Crippen LogP contribution in [0.1, 0.15) is 41.9 Å². The number of carbonyl (C=O) groups is 1. The molecule has 2 unspecified atom stereocenters. The van der Waals surface area contributed by atoms with Crippen LogP contribution in [0.25, 0.3) is 0 Å². The summed E-state index contributed by atoms with van der Waals surface area (Å²) in [5, 5.41) is 2.39. The molecule has 2 aromatic rings. The molecule has 7 nitrogen and oxygen atoms in total. The van der Waals surface area contributed by atoms with Crippen molar-refractivity contribution in [2.24, 2.45) is 10.7 Å². The maximum atomic E-state index is 14.6. The molecule has 1 amide bonds. The second kappa shape index (κ2) is 8.21. The number of amidine groups is 1. The first-order valence-corrected chi connectivity index (χ1v) is 9.39. The van der Waals surface area contributed by atoms with E-state index in [0.717, 1.165) is 31.3 Å². The number of ether oxygens (including phenoxy) is 1. The maximum Gasteiger partial charge on any atom is 0.424 e. The number of halogens is 6. The molecule has 2 atom stereocenters. The fourth-order valence-electron chi connectivity index (χ4n) is 3.14. The van der Waals surface area contributed by atoms with Gasteiger partial charge in [0.1, 0.15) is 17.2 Å². The minimum Gasteiger partial charge on any atom is -0.397 e. The van der Waals surface area contributed by atoms with Crippen molar-refractivity contribution in [2.75, 3.05) is 17.7 Å². The number of rotatable bonds is 4. The largest absolute Gasteiger partial charge is 0.424 e. The minimum absolute atomic E-state index is 0.0229. The summed E-state index contributed by atoms with van der Waals surface area (Å²) >= 11 is 0. The Labute approximate surface area is 183 Å². The van der Waals surface area contributed by atoms with Gasteiger partial charge in [-0.3, -0.25) is 9.79 Å². The lowest BCUT2D eigenvalue weighted by Gasteiger charge is -2.41. The summed E-state index contributed by atoms with van der Waals surface area (Å²) in [5.41, 5.74) is 5.42. The zero-order valence-corrected chi connectivity index (χ0v) is 17.3. The van der Waals surface area contributed by atoms with Crippen LogP contribution in [-0.2, 0) is 10.3 Å². The number of benzene rings is 1. The lowest BCUT2D eigenvalue weighted by atomic mass is 9.89. The number of pyridine rings is 1. The Morgan fingerprint density at radius 2 is 1.88 bits per heavy atom. The van der Waals surface area contributed by atoms with Gasteiger partial charge in [0.05, 0.1) is 12.3 Å². The molecule has 0 fully saturated rings. The van der Waals surface area contributed by atoms with Gasteiger partial charge in [-0.05, 0) is 38.1 Å². The molecule has 1 aromatic carbocycles. The van der Waals surface area contributed by atoms with Crippen molar-refractivity contribution in [1.29, 1.82) is 0 Å². The van der Waals surface area contributed by atoms with Gasteiger partial charge in [-0.2, -0.15) is 13.2 Å². The predicted molar refractivity (Wildman–Crippen MR) is 107 cm³/mol. The summed E-state index contributed by atoms with van der Waals surface area (Å²) in [6, 6.07) is 4.20. The highest BCUT2D eigenvalue weighted by molar-refractivity contribution is 6.06. The summed E-state index contributed by atoms with van der Waals surface area (Å²) in [6.45, 7) is 1.39. The van der Waals surface area contributed by atoms with Gasteiger partial charge < -0.3 is 21.5 Å². The first-order valence-electron chi connectivity index (χ1n) is 9.39. The van der Waals surface area contributed by atoms with Crippen LogP contribution in [0, 0.1) is 5.82 Å². The molecular weight excluding hydrogens is 456 g/mol. The highest BCUT2D eigenvalue weighted by Gasteiger charge is 2.59. The summed E-state index contributed by atoms with van der Waals surface area (Å²) in [5.74, 6) is -2.58. The number of aliphatic imine (C=N–C) groups is 1. The summed E-state index contributed by atoms with van der Waals surface area (Å²) < 4.78 is 85.0. The Hall–Kier alpha value is -3.35. The van der Waals surface area contributed by atoms with Crippen molar-refractivity contribution in [2.45, 2.75) is 37.6 Å². The summed E-state index contributed by atoms with van der Waals surface area (Å²) in [7, 11) is 0. The van der Waals surface area contributed by atoms with Gasteiger partial charge in [-0.1, -0.05) is 0 Å². The van der Waals surface area contributed by atoms with Crippen LogP contribution in [0.5, 0.6) is 0 Å². The van der Waals surface area contributed by atoms with Crippen LogP contribution in [-0.4, -0.2) is 35.1 Å². The van der Waals surface area contributed by atoms with E-state index in [4.69, 9.17) is 16.2 Å². The third kappa shape index (κ3) is 4.45. The van der Waals surface area contributed by atoms with Crippen molar-refractivity contribution >= 4 is 23.1 Å². The number of nitrogens with two attached hydrogens (primary N) is 2. The quantitative estimate of drug-likeness (QED) is 0.580. The zero-order chi connectivity index (χ0) is 24.8. The highest BCUT2D eigenvalue weighted by atomic mass is 19.4. The molecule has 0 aliphatic carbocycles. The fourth-order valence-corrected chi connectivity index (χ4v) is 3.14. The number of aromatic nitrogens is 1. The van der Waals surface area contributed by atoms with Crippen molar-refractivity contribution in [3.63, 3.8) is 0 Å². The van der Waals surface area contributed by atoms with Gasteiger partial charge in [0, 0.05) is 23.0 Å². The number of nitrogens with one attached hydrogen (secondary N) is 1. The summed E-state index contributed by atoms with van der Waals surface area (Å²) in [6.07, 6.45) is -6.88. The van der Waals surface area contributed by atoms with E-state index in [-0.39, 0.29) is 22.6 Å². The molecule has 1 aliphatic rings. The smallest absolute Gasteiger partial charge is 0.397 e. The summed E-state index contributed by atoms with van der Waals surface area (Å²) in [4.78, 5) is 20.0. The first-order chi connectivity index (χ1) is 15.2. The number of nitrogen functional groups attached to an aromatic ring is 1. The Balaban J connectivity index is 1.91. The van der Waals surface area contributed by atoms with E-state index < -0.39 is 53.5 Å². The number of hydrogen-bond donors (Lipinski definition) is 3. The van der Waals surface area contributed by atoms with Crippen LogP contribution < -0.4 is 16.8 Å². The average Bonchev–Trinajstić information content (AvgIpc) is 2.71. The van der Waals surface area contributed by atoms with Gasteiger partial charge >= 0.3 is 6.18 Å². The molecule has 178 valence electrons. The molecule has 0 saturated carbocycles. The molecule has 1 aromatic heterocycles. The zero-order valence-electron chi connectivity index (χ0n) is 17.3. The Morgan fingerprint density at radius 3 is 2.42 bits per heavy atom. The molecule has 2 heterocycles. The number of alkyl halides is 5. The normalized spacial score (nSPS) is 23.4. The van der Waals surface area contributed by atoms with Gasteiger partial charge in [-0.25, -0.2) is 18.2 Å². The second-order valence-electron chi connectivity index (χ2n) is 7.75. The van der Waals surface area contributed by atoms with Crippen LogP contribution >= 0.6 is 0 Å². The standard InChI is InChI=1S/C20H19F6N5O2/c1-18(8-33-19(2,17(28)31-18)20(24,25)26)11-6-10(3-4-12(11)21)30-16(32)14-13(27)5-9(7-29-14)15(22)23/h3-7,15H,8,27H2,1-2H3,(H2,28,31)(H,30,32). The molecule has 0 radical (unpaired) electrons. The number of anilines is 2. The van der Waals surface area contributed by atoms with Crippen LogP contribution in [0.2, 0.25) is 0 Å². The SMILES string of the molecule is CC1(c2cc(NC(=O)c3ncc(C(F)F)cc3N)ccc2F)COC(C)(C(F)(F)F)C(N)=N1. The fraction of sp³-hybridized carbons (Fsp3) is 0.350. The number of hydrogen-bond acceptors (Lipinski definition) is 6. The first kappa shape index (κ1) is 24.3. The number of nitrogens with zero attached hydrogens (tertiary/aromatic N) is 2. The van der Waals surface area contributed by atoms with E-state index in [0.29, 0.717) is 0 Å². The van der Waals surface area contributed by atoms with Gasteiger partial charge in [0.25, 0.3) is 12.3 Å². The van der Waals surface area contributed by atoms with Crippen molar-refractivity contribution in [3.8, 4) is 0 Å². The maximum absolute atomic E-state index is 14.6. The lowest BCUT2D eigenvalue weighted by molar-refractivity contribution is -0.249. The highest BCUT2D eigenvalue weighted by Crippen LogP contribution is 2.41. The van der Waals surface area contributed by atoms with Gasteiger partial charge in [0.2, 0.25) is 5.60 Å². The third-order valence-corrected chi connectivity index (χ3v) is 5.25. The number of carbonyl (C=O) groups excluding carboxylic acids is 1. The molecule has 5 N–H and O–H groups in total. The monoisotopic (exact) mass is 475 g/mol. The Bertz CT molecular complexity index is 1120. The molecule has 13 heteroatoms. The number of amides is 1. The van der Waals surface area contributed by atoms with E-state index in [1.165, 1.54) is 13.0 Å². The Kier molecular flexibility index (Phi) is 6.04. The van der Waals surface area contributed by atoms with Crippen molar-refractivity contribution in [3.05, 3.63) is 53.1 Å². The van der Waals surface area contributed by atoms with Crippen LogP contribution in [0.4, 0.5) is 37.7 Å². The lowest BCUT2D eigenvalue weighted by Crippen LogP contribution is -2.60. The topological polar surface area (TPSA) is 116 Å². The Morgan fingerprint density at radius 1 is 1.21 bits per heavy atom. The van der Waals surface area contributed by atoms with Crippen molar-refractivity contribution in [1.82, 2.24) is 4.98 Å². The van der Waals surface area contributed by atoms with Crippen LogP contribution in [0.15, 0.2) is 35.5 Å². The molecule has 33 heavy (non-hydrogen) atoms. The van der Waals surface area contributed by atoms with Crippen molar-refractivity contribution < 1.29 is 35.9 Å². The second-order valence-corrected chi connectivity index (χ2v) is 7.75. The van der Waals surface area contributed by atoms with Gasteiger partial charge in [0.15, 0.2) is 5.69 Å². The molecule has 0 saturated heterocycles.